The molecule has 3 rings (SSSR count). The predicted octanol–water partition coefficient (Wildman–Crippen LogP) is 2.86. The smallest absolute Gasteiger partial charge is 0.306 e. The quantitative estimate of drug-likeness (QED) is 0.926. The van der Waals surface area contributed by atoms with Gasteiger partial charge in [0.15, 0.2) is 0 Å². The molecular formula is C13H12BrN3O3. The lowest BCUT2D eigenvalue weighted by Crippen LogP contribution is -2.09. The molecule has 7 heteroatoms. The van der Waals surface area contributed by atoms with Crippen molar-refractivity contribution >= 4 is 21.9 Å². The van der Waals surface area contributed by atoms with Crippen LogP contribution >= 0.6 is 15.9 Å². The zero-order chi connectivity index (χ0) is 14.1. The first-order valence-corrected chi connectivity index (χ1v) is 7.11. The van der Waals surface area contributed by atoms with Crippen LogP contribution in [0, 0.1) is 5.92 Å². The number of aliphatic carboxylic acids is 1. The Morgan fingerprint density at radius 3 is 2.90 bits per heavy atom. The predicted molar refractivity (Wildman–Crippen MR) is 72.9 cm³/mol. The lowest BCUT2D eigenvalue weighted by Gasteiger charge is -2.02. The van der Waals surface area contributed by atoms with E-state index in [1.54, 1.807) is 12.3 Å². The molecule has 0 aliphatic heterocycles. The van der Waals surface area contributed by atoms with Crippen LogP contribution < -0.4 is 0 Å². The molecular weight excluding hydrogens is 326 g/mol. The first-order valence-electron chi connectivity index (χ1n) is 6.32. The lowest BCUT2D eigenvalue weighted by atomic mass is 10.1. The monoisotopic (exact) mass is 337 g/mol. The maximum absolute atomic E-state index is 11.0. The highest BCUT2D eigenvalue weighted by Gasteiger charge is 2.33. The number of carbonyl (C=O) groups is 1. The van der Waals surface area contributed by atoms with Gasteiger partial charge >= 0.3 is 5.97 Å². The van der Waals surface area contributed by atoms with E-state index in [0.29, 0.717) is 30.3 Å². The van der Waals surface area contributed by atoms with Gasteiger partial charge in [0.25, 0.3) is 0 Å². The van der Waals surface area contributed by atoms with Gasteiger partial charge in [-0.1, -0.05) is 5.16 Å². The largest absolute Gasteiger partial charge is 0.481 e. The summed E-state index contributed by atoms with van der Waals surface area (Å²) in [6.07, 6.45) is 3.66. The Morgan fingerprint density at radius 1 is 1.40 bits per heavy atom. The second kappa shape index (κ2) is 5.32. The van der Waals surface area contributed by atoms with Crippen molar-refractivity contribution in [2.75, 3.05) is 0 Å². The maximum atomic E-state index is 11.0. The molecule has 20 heavy (non-hydrogen) atoms. The fraction of sp³-hybridized carbons (Fsp3) is 0.385. The molecule has 2 aromatic rings. The fourth-order valence-electron chi connectivity index (χ4n) is 2.44. The zero-order valence-electron chi connectivity index (χ0n) is 10.5. The van der Waals surface area contributed by atoms with Gasteiger partial charge in [0.2, 0.25) is 11.7 Å². The SMILES string of the molecule is O=C(O)C1CCC(c2nc(-c3ccc(Br)cn3)no2)C1. The van der Waals surface area contributed by atoms with E-state index in [0.717, 1.165) is 10.9 Å². The molecule has 1 aliphatic carbocycles. The molecule has 2 atom stereocenters. The van der Waals surface area contributed by atoms with Gasteiger partial charge in [-0.25, -0.2) is 0 Å². The van der Waals surface area contributed by atoms with Crippen molar-refractivity contribution in [2.45, 2.75) is 25.2 Å². The number of carboxylic acids is 1. The van der Waals surface area contributed by atoms with E-state index < -0.39 is 5.97 Å². The summed E-state index contributed by atoms with van der Waals surface area (Å²) in [5.41, 5.74) is 0.635. The number of nitrogens with zero attached hydrogens (tertiary/aromatic N) is 3. The highest BCUT2D eigenvalue weighted by atomic mass is 79.9. The molecule has 0 amide bonds. The van der Waals surface area contributed by atoms with Crippen LogP contribution in [0.25, 0.3) is 11.5 Å². The molecule has 1 saturated carbocycles. The van der Waals surface area contributed by atoms with Crippen molar-refractivity contribution < 1.29 is 14.4 Å². The number of pyridine rings is 1. The van der Waals surface area contributed by atoms with Gasteiger partial charge in [0.1, 0.15) is 5.69 Å². The number of aromatic nitrogens is 3. The summed E-state index contributed by atoms with van der Waals surface area (Å²) < 4.78 is 6.14. The Bertz CT molecular complexity index is 626. The average Bonchev–Trinajstić information content (AvgIpc) is 3.08. The molecule has 6 nitrogen and oxygen atoms in total. The van der Waals surface area contributed by atoms with Crippen molar-refractivity contribution in [1.29, 1.82) is 0 Å². The van der Waals surface area contributed by atoms with Gasteiger partial charge in [-0.05, 0) is 47.3 Å². The van der Waals surface area contributed by atoms with Gasteiger partial charge in [-0.3, -0.25) is 9.78 Å². The van der Waals surface area contributed by atoms with Crippen LogP contribution in [-0.2, 0) is 4.79 Å². The van der Waals surface area contributed by atoms with E-state index in [4.69, 9.17) is 9.63 Å². The van der Waals surface area contributed by atoms with Crippen LogP contribution in [-0.4, -0.2) is 26.2 Å². The minimum Gasteiger partial charge on any atom is -0.481 e. The Balaban J connectivity index is 1.77. The Morgan fingerprint density at radius 2 is 2.25 bits per heavy atom. The number of hydrogen-bond donors (Lipinski definition) is 1. The standard InChI is InChI=1S/C13H12BrN3O3/c14-9-3-4-10(15-6-9)11-16-12(20-17-11)7-1-2-8(5-7)13(18)19/h3-4,6-8H,1-2,5H2,(H,18,19). The summed E-state index contributed by atoms with van der Waals surface area (Å²) >= 11 is 3.31. The highest BCUT2D eigenvalue weighted by Crippen LogP contribution is 2.38. The summed E-state index contributed by atoms with van der Waals surface area (Å²) in [6.45, 7) is 0. The molecule has 2 aromatic heterocycles. The lowest BCUT2D eigenvalue weighted by molar-refractivity contribution is -0.141. The third-order valence-electron chi connectivity index (χ3n) is 3.53. The molecule has 0 radical (unpaired) electrons. The van der Waals surface area contributed by atoms with Crippen molar-refractivity contribution in [3.8, 4) is 11.5 Å². The van der Waals surface area contributed by atoms with E-state index >= 15 is 0 Å². The van der Waals surface area contributed by atoms with Gasteiger partial charge in [-0.15, -0.1) is 0 Å². The highest BCUT2D eigenvalue weighted by molar-refractivity contribution is 9.10. The number of rotatable bonds is 3. The Labute approximate surface area is 123 Å². The van der Waals surface area contributed by atoms with Crippen LogP contribution in [0.5, 0.6) is 0 Å². The van der Waals surface area contributed by atoms with Crippen molar-refractivity contribution in [3.63, 3.8) is 0 Å². The number of halogens is 1. The van der Waals surface area contributed by atoms with Crippen LogP contribution in [0.3, 0.4) is 0 Å². The molecule has 2 unspecified atom stereocenters. The molecule has 2 heterocycles. The molecule has 1 N–H and O–H groups in total. The fourth-order valence-corrected chi connectivity index (χ4v) is 2.68. The summed E-state index contributed by atoms with van der Waals surface area (Å²) in [6, 6.07) is 3.65. The normalized spacial score (nSPS) is 22.1. The second-order valence-electron chi connectivity index (χ2n) is 4.86. The second-order valence-corrected chi connectivity index (χ2v) is 5.78. The van der Waals surface area contributed by atoms with Crippen molar-refractivity contribution in [2.24, 2.45) is 5.92 Å². The van der Waals surface area contributed by atoms with Gasteiger partial charge < -0.3 is 9.63 Å². The first-order chi connectivity index (χ1) is 9.63. The Kier molecular flexibility index (Phi) is 3.52. The van der Waals surface area contributed by atoms with E-state index in [9.17, 15) is 4.79 Å². The molecule has 0 saturated heterocycles. The van der Waals surface area contributed by atoms with E-state index in [1.807, 2.05) is 6.07 Å². The topological polar surface area (TPSA) is 89.1 Å². The van der Waals surface area contributed by atoms with Crippen molar-refractivity contribution in [3.05, 3.63) is 28.7 Å². The van der Waals surface area contributed by atoms with Crippen LogP contribution in [0.4, 0.5) is 0 Å². The van der Waals surface area contributed by atoms with E-state index in [-0.39, 0.29) is 11.8 Å². The van der Waals surface area contributed by atoms with Crippen LogP contribution in [0.1, 0.15) is 31.1 Å². The summed E-state index contributed by atoms with van der Waals surface area (Å²) in [7, 11) is 0. The van der Waals surface area contributed by atoms with Gasteiger partial charge in [0.05, 0.1) is 5.92 Å². The molecule has 104 valence electrons. The average molecular weight is 338 g/mol. The Hall–Kier alpha value is -1.76. The van der Waals surface area contributed by atoms with Gasteiger partial charge in [-0.2, -0.15) is 4.98 Å². The summed E-state index contributed by atoms with van der Waals surface area (Å²) in [4.78, 5) is 19.5. The first kappa shape index (κ1) is 13.2. The van der Waals surface area contributed by atoms with Crippen molar-refractivity contribution in [1.82, 2.24) is 15.1 Å². The number of carboxylic acid groups (broad SMARTS) is 1. The maximum Gasteiger partial charge on any atom is 0.306 e. The molecule has 1 aliphatic rings. The molecule has 0 bridgehead atoms. The summed E-state index contributed by atoms with van der Waals surface area (Å²) in [5.74, 6) is -0.0736. The van der Waals surface area contributed by atoms with E-state index in [1.165, 1.54) is 0 Å². The number of hydrogen-bond acceptors (Lipinski definition) is 5. The third kappa shape index (κ3) is 2.58. The summed E-state index contributed by atoms with van der Waals surface area (Å²) in [5, 5.41) is 12.9. The van der Waals surface area contributed by atoms with Gasteiger partial charge in [0, 0.05) is 16.6 Å². The molecule has 0 aromatic carbocycles. The molecule has 1 fully saturated rings. The zero-order valence-corrected chi connectivity index (χ0v) is 12.1. The van der Waals surface area contributed by atoms with Crippen LogP contribution in [0.15, 0.2) is 27.3 Å². The van der Waals surface area contributed by atoms with Crippen LogP contribution in [0.2, 0.25) is 0 Å². The molecule has 0 spiro atoms. The third-order valence-corrected chi connectivity index (χ3v) is 4.00. The minimum atomic E-state index is -0.748. The van der Waals surface area contributed by atoms with E-state index in [2.05, 4.69) is 31.1 Å². The minimum absolute atomic E-state index is 0.0350.